The fourth-order valence-corrected chi connectivity index (χ4v) is 1.65. The number of methoxy groups -OCH3 is 1. The van der Waals surface area contributed by atoms with Crippen LogP contribution in [-0.4, -0.2) is 25.2 Å². The van der Waals surface area contributed by atoms with Crippen molar-refractivity contribution in [2.45, 2.75) is 25.9 Å². The van der Waals surface area contributed by atoms with Crippen LogP contribution in [0.4, 0.5) is 13.6 Å². The molecule has 0 aromatic heterocycles. The summed E-state index contributed by atoms with van der Waals surface area (Å²) in [7, 11) is 1.14. The number of ether oxygens (including phenoxy) is 1. The molecule has 1 aromatic rings. The summed E-state index contributed by atoms with van der Waals surface area (Å²) in [5, 5.41) is 4.80. The molecule has 7 heteroatoms. The summed E-state index contributed by atoms with van der Waals surface area (Å²) in [5.74, 6) is -1.98. The molecule has 0 saturated carbocycles. The Morgan fingerprint density at radius 1 is 1.25 bits per heavy atom. The van der Waals surface area contributed by atoms with Crippen LogP contribution in [0, 0.1) is 11.6 Å². The van der Waals surface area contributed by atoms with Crippen molar-refractivity contribution in [2.75, 3.05) is 7.11 Å². The van der Waals surface area contributed by atoms with E-state index in [0.29, 0.717) is 0 Å². The number of alkyl carbamates (subject to hydrolysis) is 1. The van der Waals surface area contributed by atoms with Gasteiger partial charge in [-0.05, 0) is 19.9 Å². The van der Waals surface area contributed by atoms with Crippen LogP contribution < -0.4 is 10.6 Å². The number of hydrogen-bond donors (Lipinski definition) is 2. The quantitative estimate of drug-likeness (QED) is 0.887. The molecule has 2 amide bonds. The Morgan fingerprint density at radius 3 is 2.45 bits per heavy atom. The zero-order valence-corrected chi connectivity index (χ0v) is 11.4. The zero-order chi connectivity index (χ0) is 15.3. The summed E-state index contributed by atoms with van der Waals surface area (Å²) in [6.07, 6.45) is -0.871. The summed E-state index contributed by atoms with van der Waals surface area (Å²) < 4.78 is 30.7. The van der Waals surface area contributed by atoms with E-state index in [1.54, 1.807) is 6.92 Å². The number of nitrogens with one attached hydrogen (secondary N) is 2. The summed E-state index contributed by atoms with van der Waals surface area (Å²) in [6.45, 7) is 3.13. The van der Waals surface area contributed by atoms with Gasteiger partial charge in [-0.15, -0.1) is 0 Å². The molecule has 0 aliphatic rings. The van der Waals surface area contributed by atoms with Crippen molar-refractivity contribution in [3.8, 4) is 0 Å². The van der Waals surface area contributed by atoms with Crippen molar-refractivity contribution in [1.82, 2.24) is 10.6 Å². The van der Waals surface area contributed by atoms with Crippen molar-refractivity contribution in [3.05, 3.63) is 35.4 Å². The van der Waals surface area contributed by atoms with Gasteiger partial charge in [-0.25, -0.2) is 13.6 Å². The molecule has 0 radical (unpaired) electrons. The smallest absolute Gasteiger partial charge is 0.413 e. The van der Waals surface area contributed by atoms with Crippen molar-refractivity contribution >= 4 is 12.0 Å². The fourth-order valence-electron chi connectivity index (χ4n) is 1.65. The van der Waals surface area contributed by atoms with Crippen LogP contribution in [0.25, 0.3) is 0 Å². The largest absolute Gasteiger partial charge is 0.453 e. The zero-order valence-electron chi connectivity index (χ0n) is 11.4. The Labute approximate surface area is 115 Å². The van der Waals surface area contributed by atoms with Crippen LogP contribution >= 0.6 is 0 Å². The van der Waals surface area contributed by atoms with E-state index >= 15 is 0 Å². The van der Waals surface area contributed by atoms with E-state index in [1.807, 2.05) is 5.32 Å². The number of imide groups is 1. The van der Waals surface area contributed by atoms with Gasteiger partial charge in [0.25, 0.3) is 0 Å². The minimum atomic E-state index is -0.871. The van der Waals surface area contributed by atoms with Crippen LogP contribution in [0.3, 0.4) is 0 Å². The molecule has 0 aliphatic carbocycles. The summed E-state index contributed by atoms with van der Waals surface area (Å²) in [5.41, 5.74) is 0.226. The maximum atomic E-state index is 13.6. The molecular weight excluding hydrogens is 270 g/mol. The van der Waals surface area contributed by atoms with Gasteiger partial charge in [0, 0.05) is 17.7 Å². The van der Waals surface area contributed by atoms with Crippen LogP contribution in [-0.2, 0) is 9.53 Å². The second-order valence-corrected chi connectivity index (χ2v) is 4.26. The van der Waals surface area contributed by atoms with E-state index in [2.05, 4.69) is 10.1 Å². The fraction of sp³-hybridized carbons (Fsp3) is 0.385. The topological polar surface area (TPSA) is 67.4 Å². The number of hydrogen-bond acceptors (Lipinski definition) is 4. The second-order valence-electron chi connectivity index (χ2n) is 4.26. The van der Waals surface area contributed by atoms with Crippen molar-refractivity contribution < 1.29 is 23.1 Å². The van der Waals surface area contributed by atoms with Gasteiger partial charge in [0.2, 0.25) is 5.91 Å². The lowest BCUT2D eigenvalue weighted by Gasteiger charge is -2.19. The monoisotopic (exact) mass is 286 g/mol. The number of carbonyl (C=O) groups excluding carboxylic acids is 2. The number of amides is 2. The molecule has 0 fully saturated rings. The molecule has 1 aromatic carbocycles. The van der Waals surface area contributed by atoms with Gasteiger partial charge in [0.1, 0.15) is 11.6 Å². The first-order valence-corrected chi connectivity index (χ1v) is 5.95. The van der Waals surface area contributed by atoms with E-state index in [0.717, 1.165) is 19.2 Å². The molecule has 110 valence electrons. The van der Waals surface area contributed by atoms with Gasteiger partial charge in [-0.2, -0.15) is 0 Å². The van der Waals surface area contributed by atoms with Crippen molar-refractivity contribution in [1.29, 1.82) is 0 Å². The van der Waals surface area contributed by atoms with E-state index < -0.39 is 35.7 Å². The van der Waals surface area contributed by atoms with Gasteiger partial charge in [0.15, 0.2) is 0 Å². The number of halogens is 2. The van der Waals surface area contributed by atoms with Gasteiger partial charge in [0.05, 0.1) is 13.2 Å². The molecule has 0 heterocycles. The van der Waals surface area contributed by atoms with E-state index in [4.69, 9.17) is 0 Å². The molecule has 0 saturated heterocycles. The predicted molar refractivity (Wildman–Crippen MR) is 67.9 cm³/mol. The third-order valence-electron chi connectivity index (χ3n) is 2.73. The number of benzene rings is 1. The standard InChI is InChI=1S/C13H16F2N2O3/c1-7(10-5-4-9(14)6-11(10)15)16-8(2)12(18)17-13(19)20-3/h4-8,16H,1-3H3,(H,17,18,19)/t7-,8-/m0/s1. The lowest BCUT2D eigenvalue weighted by Crippen LogP contribution is -2.45. The van der Waals surface area contributed by atoms with Crippen LogP contribution in [0.15, 0.2) is 18.2 Å². The minimum absolute atomic E-state index is 0.226. The number of rotatable bonds is 4. The van der Waals surface area contributed by atoms with Crippen LogP contribution in [0.5, 0.6) is 0 Å². The molecule has 0 spiro atoms. The Bertz CT molecular complexity index is 508. The number of carbonyl (C=O) groups is 2. The Kier molecular flexibility index (Phi) is 5.57. The second kappa shape index (κ2) is 6.95. The molecule has 1 rings (SSSR count). The highest BCUT2D eigenvalue weighted by Gasteiger charge is 2.20. The molecule has 5 nitrogen and oxygen atoms in total. The first-order valence-electron chi connectivity index (χ1n) is 5.95. The molecule has 0 unspecified atom stereocenters. The van der Waals surface area contributed by atoms with Gasteiger partial charge in [-0.1, -0.05) is 6.07 Å². The predicted octanol–water partition coefficient (Wildman–Crippen LogP) is 1.89. The highest BCUT2D eigenvalue weighted by Crippen LogP contribution is 2.18. The van der Waals surface area contributed by atoms with E-state index in [1.165, 1.54) is 13.0 Å². The molecule has 2 N–H and O–H groups in total. The highest BCUT2D eigenvalue weighted by atomic mass is 19.1. The summed E-state index contributed by atoms with van der Waals surface area (Å²) in [6, 6.07) is 1.91. The molecule has 20 heavy (non-hydrogen) atoms. The lowest BCUT2D eigenvalue weighted by molar-refractivity contribution is -0.122. The van der Waals surface area contributed by atoms with Gasteiger partial charge < -0.3 is 4.74 Å². The van der Waals surface area contributed by atoms with Gasteiger partial charge in [-0.3, -0.25) is 15.4 Å². The Balaban J connectivity index is 2.67. The molecule has 2 atom stereocenters. The summed E-state index contributed by atoms with van der Waals surface area (Å²) >= 11 is 0. The maximum Gasteiger partial charge on any atom is 0.413 e. The highest BCUT2D eigenvalue weighted by molar-refractivity contribution is 5.94. The molecular formula is C13H16F2N2O3. The SMILES string of the molecule is COC(=O)NC(=O)[C@H](C)N[C@@H](C)c1ccc(F)cc1F. The lowest BCUT2D eigenvalue weighted by atomic mass is 10.1. The van der Waals surface area contributed by atoms with Crippen LogP contribution in [0.2, 0.25) is 0 Å². The first-order chi connectivity index (χ1) is 9.35. The minimum Gasteiger partial charge on any atom is -0.453 e. The Hall–Kier alpha value is -2.02. The van der Waals surface area contributed by atoms with Crippen molar-refractivity contribution in [2.24, 2.45) is 0 Å². The average molecular weight is 286 g/mol. The molecule has 0 bridgehead atoms. The third-order valence-corrected chi connectivity index (χ3v) is 2.73. The van der Waals surface area contributed by atoms with Crippen LogP contribution in [0.1, 0.15) is 25.5 Å². The van der Waals surface area contributed by atoms with Gasteiger partial charge >= 0.3 is 6.09 Å². The van der Waals surface area contributed by atoms with Crippen molar-refractivity contribution in [3.63, 3.8) is 0 Å². The maximum absolute atomic E-state index is 13.6. The first kappa shape index (κ1) is 16.0. The third kappa shape index (κ3) is 4.27. The average Bonchev–Trinajstić information content (AvgIpc) is 2.37. The summed E-state index contributed by atoms with van der Waals surface area (Å²) in [4.78, 5) is 22.5. The molecule has 0 aliphatic heterocycles. The van der Waals surface area contributed by atoms with E-state index in [-0.39, 0.29) is 5.56 Å². The van der Waals surface area contributed by atoms with E-state index in [9.17, 15) is 18.4 Å². The normalized spacial score (nSPS) is 13.4. The Morgan fingerprint density at radius 2 is 1.90 bits per heavy atom.